The second-order valence-corrected chi connectivity index (χ2v) is 5.45. The third-order valence-electron chi connectivity index (χ3n) is 3.29. The Hall–Kier alpha value is -1.26. The monoisotopic (exact) mass is 296 g/mol. The third kappa shape index (κ3) is 2.76. The van der Waals surface area contributed by atoms with E-state index in [-0.39, 0.29) is 11.4 Å². The fraction of sp³-hybridized carbons (Fsp3) is 0.533. The number of aromatic nitrogens is 2. The molecule has 4 nitrogen and oxygen atoms in total. The Morgan fingerprint density at radius 1 is 1.35 bits per heavy atom. The summed E-state index contributed by atoms with van der Waals surface area (Å²) in [5.74, 6) is 1.61. The Kier molecular flexibility index (Phi) is 4.89. The van der Waals surface area contributed by atoms with E-state index in [4.69, 9.17) is 21.1 Å². The lowest BCUT2D eigenvalue weighted by Gasteiger charge is -2.18. The number of nitrogens with zero attached hydrogens (tertiary/aromatic N) is 2. The average Bonchev–Trinajstić information content (AvgIpc) is 2.84. The molecular weight excluding hydrogens is 276 g/mol. The van der Waals surface area contributed by atoms with Gasteiger partial charge in [-0.3, -0.25) is 0 Å². The van der Waals surface area contributed by atoms with Crippen molar-refractivity contribution in [2.45, 2.75) is 32.2 Å². The van der Waals surface area contributed by atoms with Crippen LogP contribution < -0.4 is 4.74 Å². The minimum absolute atomic E-state index is 0.170. The smallest absolute Gasteiger partial charge is 0.146 e. The van der Waals surface area contributed by atoms with Gasteiger partial charge in [-0.2, -0.15) is 0 Å². The van der Waals surface area contributed by atoms with Gasteiger partial charge in [0.05, 0.1) is 30.7 Å². The van der Waals surface area contributed by atoms with Crippen molar-refractivity contribution in [2.24, 2.45) is 0 Å². The molecule has 1 aromatic carbocycles. The number of ether oxygens (including phenoxy) is 2. The lowest BCUT2D eigenvalue weighted by Crippen LogP contribution is -2.15. The highest BCUT2D eigenvalue weighted by atomic mass is 35.5. The molecule has 1 heterocycles. The van der Waals surface area contributed by atoms with Gasteiger partial charge in [0.1, 0.15) is 17.1 Å². The van der Waals surface area contributed by atoms with Crippen LogP contribution in [0.2, 0.25) is 0 Å². The first kappa shape index (κ1) is 15.1. The van der Waals surface area contributed by atoms with Crippen LogP contribution in [0.1, 0.15) is 38.0 Å². The van der Waals surface area contributed by atoms with E-state index in [0.29, 0.717) is 13.2 Å². The first-order valence-corrected chi connectivity index (χ1v) is 7.30. The quantitative estimate of drug-likeness (QED) is 0.758. The van der Waals surface area contributed by atoms with E-state index in [1.54, 1.807) is 7.11 Å². The zero-order valence-corrected chi connectivity index (χ0v) is 13.1. The van der Waals surface area contributed by atoms with Crippen molar-refractivity contribution in [3.63, 3.8) is 0 Å². The summed E-state index contributed by atoms with van der Waals surface area (Å²) in [6, 6.07) is 6.09. The van der Waals surface area contributed by atoms with Crippen LogP contribution in [-0.4, -0.2) is 29.9 Å². The van der Waals surface area contributed by atoms with Gasteiger partial charge in [0, 0.05) is 6.61 Å². The number of rotatable bonds is 6. The van der Waals surface area contributed by atoms with Crippen molar-refractivity contribution in [1.29, 1.82) is 0 Å². The van der Waals surface area contributed by atoms with Crippen molar-refractivity contribution < 1.29 is 9.47 Å². The van der Waals surface area contributed by atoms with Gasteiger partial charge in [-0.25, -0.2) is 4.98 Å². The Morgan fingerprint density at radius 2 is 2.10 bits per heavy atom. The van der Waals surface area contributed by atoms with Crippen LogP contribution in [0.4, 0.5) is 0 Å². The molecule has 0 spiro atoms. The van der Waals surface area contributed by atoms with Crippen LogP contribution in [0.3, 0.4) is 0 Å². The Labute approximate surface area is 124 Å². The van der Waals surface area contributed by atoms with Gasteiger partial charge in [-0.15, -0.1) is 11.6 Å². The molecule has 0 aliphatic rings. The van der Waals surface area contributed by atoms with Gasteiger partial charge in [-0.1, -0.05) is 6.07 Å². The number of fused-ring (bicyclic) bond motifs is 1. The van der Waals surface area contributed by atoms with Gasteiger partial charge in [0.2, 0.25) is 0 Å². The summed E-state index contributed by atoms with van der Waals surface area (Å²) in [6.45, 7) is 7.37. The van der Waals surface area contributed by atoms with E-state index in [0.717, 1.165) is 22.6 Å². The molecule has 2 unspecified atom stereocenters. The number of imidazole rings is 1. The molecule has 20 heavy (non-hydrogen) atoms. The Morgan fingerprint density at radius 3 is 2.70 bits per heavy atom. The minimum atomic E-state index is -0.170. The van der Waals surface area contributed by atoms with Crippen LogP contribution in [0, 0.1) is 0 Å². The van der Waals surface area contributed by atoms with Gasteiger partial charge in [0.25, 0.3) is 0 Å². The number of para-hydroxylation sites is 1. The maximum atomic E-state index is 6.29. The first-order chi connectivity index (χ1) is 9.60. The van der Waals surface area contributed by atoms with E-state index >= 15 is 0 Å². The van der Waals surface area contributed by atoms with E-state index < -0.39 is 0 Å². The fourth-order valence-electron chi connectivity index (χ4n) is 2.38. The standard InChI is InChI=1S/C15H21ClN2O2/c1-5-20-9-10(2)18-12-7-6-8-13(19-4)14(12)17-15(18)11(3)16/h6-8,10-11H,5,9H2,1-4H3. The molecule has 0 saturated carbocycles. The summed E-state index contributed by atoms with van der Waals surface area (Å²) >= 11 is 6.29. The van der Waals surface area contributed by atoms with Crippen molar-refractivity contribution in [1.82, 2.24) is 9.55 Å². The van der Waals surface area contributed by atoms with Gasteiger partial charge >= 0.3 is 0 Å². The predicted molar refractivity (Wildman–Crippen MR) is 81.8 cm³/mol. The van der Waals surface area contributed by atoms with Gasteiger partial charge in [0.15, 0.2) is 0 Å². The zero-order valence-electron chi connectivity index (χ0n) is 12.4. The van der Waals surface area contributed by atoms with E-state index in [1.807, 2.05) is 32.0 Å². The molecule has 5 heteroatoms. The van der Waals surface area contributed by atoms with E-state index in [9.17, 15) is 0 Å². The summed E-state index contributed by atoms with van der Waals surface area (Å²) in [6.07, 6.45) is 0. The zero-order chi connectivity index (χ0) is 14.7. The summed E-state index contributed by atoms with van der Waals surface area (Å²) in [4.78, 5) is 4.66. The Balaban J connectivity index is 2.57. The molecule has 0 aliphatic carbocycles. The van der Waals surface area contributed by atoms with Crippen LogP contribution in [-0.2, 0) is 4.74 Å². The molecule has 110 valence electrons. The molecule has 0 N–H and O–H groups in total. The van der Waals surface area contributed by atoms with Crippen LogP contribution in [0.25, 0.3) is 11.0 Å². The summed E-state index contributed by atoms with van der Waals surface area (Å²) in [5.41, 5.74) is 1.87. The highest BCUT2D eigenvalue weighted by Gasteiger charge is 2.20. The molecule has 2 rings (SSSR count). The number of alkyl halides is 1. The summed E-state index contributed by atoms with van der Waals surface area (Å²) in [5, 5.41) is -0.170. The predicted octanol–water partition coefficient (Wildman–Crippen LogP) is 3.94. The lowest BCUT2D eigenvalue weighted by atomic mass is 10.2. The van der Waals surface area contributed by atoms with Crippen LogP contribution >= 0.6 is 11.6 Å². The van der Waals surface area contributed by atoms with Crippen molar-refractivity contribution in [2.75, 3.05) is 20.3 Å². The molecule has 0 fully saturated rings. The maximum Gasteiger partial charge on any atom is 0.146 e. The Bertz CT molecular complexity index is 581. The molecule has 1 aromatic heterocycles. The molecule has 0 aliphatic heterocycles. The molecular formula is C15H21ClN2O2. The van der Waals surface area contributed by atoms with Gasteiger partial charge < -0.3 is 14.0 Å². The van der Waals surface area contributed by atoms with Crippen molar-refractivity contribution in [3.8, 4) is 5.75 Å². The van der Waals surface area contributed by atoms with Crippen LogP contribution in [0.15, 0.2) is 18.2 Å². The highest BCUT2D eigenvalue weighted by molar-refractivity contribution is 6.20. The normalized spacial score (nSPS) is 14.4. The fourth-order valence-corrected chi connectivity index (χ4v) is 2.53. The van der Waals surface area contributed by atoms with Crippen molar-refractivity contribution >= 4 is 22.6 Å². The molecule has 0 radical (unpaired) electrons. The molecule has 2 atom stereocenters. The van der Waals surface area contributed by atoms with E-state index in [1.165, 1.54) is 0 Å². The highest BCUT2D eigenvalue weighted by Crippen LogP contribution is 2.32. The second-order valence-electron chi connectivity index (χ2n) is 4.79. The third-order valence-corrected chi connectivity index (χ3v) is 3.49. The largest absolute Gasteiger partial charge is 0.494 e. The van der Waals surface area contributed by atoms with Gasteiger partial charge in [-0.05, 0) is 32.9 Å². The second kappa shape index (κ2) is 6.46. The summed E-state index contributed by atoms with van der Waals surface area (Å²) in [7, 11) is 1.65. The maximum absolute atomic E-state index is 6.29. The summed E-state index contributed by atoms with van der Waals surface area (Å²) < 4.78 is 13.1. The SMILES string of the molecule is CCOCC(C)n1c(C(C)Cl)nc2c(OC)cccc21. The number of hydrogen-bond donors (Lipinski definition) is 0. The van der Waals surface area contributed by atoms with Crippen LogP contribution in [0.5, 0.6) is 5.75 Å². The van der Waals surface area contributed by atoms with E-state index in [2.05, 4.69) is 16.5 Å². The lowest BCUT2D eigenvalue weighted by molar-refractivity contribution is 0.119. The van der Waals surface area contributed by atoms with Crippen molar-refractivity contribution in [3.05, 3.63) is 24.0 Å². The average molecular weight is 297 g/mol. The number of methoxy groups -OCH3 is 1. The topological polar surface area (TPSA) is 36.3 Å². The minimum Gasteiger partial charge on any atom is -0.494 e. The number of hydrogen-bond acceptors (Lipinski definition) is 3. The molecule has 2 aromatic rings. The number of halogens is 1. The molecule has 0 amide bonds. The first-order valence-electron chi connectivity index (χ1n) is 6.86. The molecule has 0 bridgehead atoms. The molecule has 0 saturated heterocycles. The number of benzene rings is 1.